The molecule has 0 spiro atoms. The molecule has 0 unspecified atom stereocenters. The van der Waals surface area contributed by atoms with Gasteiger partial charge in [-0.15, -0.1) is 6.58 Å². The first kappa shape index (κ1) is 17.4. The van der Waals surface area contributed by atoms with Gasteiger partial charge in [-0.05, 0) is 38.4 Å². The minimum atomic E-state index is 0.0846. The van der Waals surface area contributed by atoms with Crippen molar-refractivity contribution in [3.63, 3.8) is 0 Å². The molecule has 0 radical (unpaired) electrons. The quantitative estimate of drug-likeness (QED) is 0.818. The van der Waals surface area contributed by atoms with Crippen LogP contribution in [0.4, 0.5) is 0 Å². The van der Waals surface area contributed by atoms with E-state index in [0.29, 0.717) is 24.8 Å². The van der Waals surface area contributed by atoms with Gasteiger partial charge in [-0.2, -0.15) is 4.98 Å². The molecule has 1 N–H and O–H groups in total. The highest BCUT2D eigenvalue weighted by Crippen LogP contribution is 2.22. The normalized spacial score (nSPS) is 15.9. The highest BCUT2D eigenvalue weighted by Gasteiger charge is 2.25. The van der Waals surface area contributed by atoms with Crippen molar-refractivity contribution in [2.24, 2.45) is 5.92 Å². The lowest BCUT2D eigenvalue weighted by Crippen LogP contribution is -2.40. The van der Waals surface area contributed by atoms with Crippen LogP contribution in [0.3, 0.4) is 0 Å². The third-order valence-electron chi connectivity index (χ3n) is 4.59. The predicted octanol–water partition coefficient (Wildman–Crippen LogP) is 2.56. The number of likely N-dealkylation sites (tertiary alicyclic amines) is 1. The second-order valence-electron chi connectivity index (χ2n) is 6.41. The molecule has 1 aromatic heterocycles. The summed E-state index contributed by atoms with van der Waals surface area (Å²) in [6, 6.07) is 8.00. The maximum Gasteiger partial charge on any atom is 0.241 e. The van der Waals surface area contributed by atoms with E-state index in [2.05, 4.69) is 26.9 Å². The Morgan fingerprint density at radius 1 is 1.40 bits per heavy atom. The third-order valence-corrected chi connectivity index (χ3v) is 4.59. The number of aryl methyl sites for hydroxylation is 1. The lowest BCUT2D eigenvalue weighted by Gasteiger charge is -2.30. The Kier molecular flexibility index (Phi) is 5.60. The van der Waals surface area contributed by atoms with Gasteiger partial charge in [0.25, 0.3) is 0 Å². The average Bonchev–Trinajstić information content (AvgIpc) is 3.09. The van der Waals surface area contributed by atoms with Gasteiger partial charge in [0.2, 0.25) is 17.6 Å². The number of amides is 1. The lowest BCUT2D eigenvalue weighted by molar-refractivity contribution is -0.126. The molecule has 0 atom stereocenters. The van der Waals surface area contributed by atoms with Gasteiger partial charge in [0.1, 0.15) is 0 Å². The fourth-order valence-electron chi connectivity index (χ4n) is 3.11. The topological polar surface area (TPSA) is 71.3 Å². The highest BCUT2D eigenvalue weighted by atomic mass is 16.5. The molecule has 25 heavy (non-hydrogen) atoms. The molecule has 6 nitrogen and oxygen atoms in total. The van der Waals surface area contributed by atoms with Gasteiger partial charge in [-0.3, -0.25) is 9.69 Å². The number of aromatic nitrogens is 2. The van der Waals surface area contributed by atoms with E-state index < -0.39 is 0 Å². The van der Waals surface area contributed by atoms with E-state index in [1.165, 1.54) is 0 Å². The fourth-order valence-corrected chi connectivity index (χ4v) is 3.11. The van der Waals surface area contributed by atoms with Crippen molar-refractivity contribution in [3.8, 4) is 11.4 Å². The largest absolute Gasteiger partial charge is 0.352 e. The molecule has 0 bridgehead atoms. The monoisotopic (exact) mass is 340 g/mol. The van der Waals surface area contributed by atoms with Gasteiger partial charge in [-0.25, -0.2) is 0 Å². The first-order valence-electron chi connectivity index (χ1n) is 8.67. The van der Waals surface area contributed by atoms with Crippen molar-refractivity contribution >= 4 is 5.91 Å². The molecule has 2 heterocycles. The minimum Gasteiger partial charge on any atom is -0.352 e. The second-order valence-corrected chi connectivity index (χ2v) is 6.41. The van der Waals surface area contributed by atoms with Crippen LogP contribution in [0.5, 0.6) is 0 Å². The summed E-state index contributed by atoms with van der Waals surface area (Å²) >= 11 is 0. The van der Waals surface area contributed by atoms with Crippen LogP contribution in [0.25, 0.3) is 11.4 Å². The van der Waals surface area contributed by atoms with E-state index in [-0.39, 0.29) is 11.8 Å². The molecule has 6 heteroatoms. The average molecular weight is 340 g/mol. The summed E-state index contributed by atoms with van der Waals surface area (Å²) in [7, 11) is 0. The molecule has 3 rings (SSSR count). The summed E-state index contributed by atoms with van der Waals surface area (Å²) in [6.07, 6.45) is 3.40. The van der Waals surface area contributed by atoms with E-state index in [1.807, 2.05) is 31.2 Å². The summed E-state index contributed by atoms with van der Waals surface area (Å²) in [6.45, 7) is 8.52. The van der Waals surface area contributed by atoms with Crippen molar-refractivity contribution in [3.05, 3.63) is 48.4 Å². The standard InChI is InChI=1S/C19H24N4O2/c1-3-10-20-19(24)15-8-11-23(12-9-15)13-17-21-18(22-25-17)16-7-5-4-6-14(16)2/h3-7,15H,1,8-13H2,2H3,(H,20,24). The highest BCUT2D eigenvalue weighted by molar-refractivity contribution is 5.78. The van der Waals surface area contributed by atoms with Crippen LogP contribution < -0.4 is 5.32 Å². The molecule has 1 amide bonds. The number of rotatable bonds is 6. The summed E-state index contributed by atoms with van der Waals surface area (Å²) in [5, 5.41) is 6.98. The van der Waals surface area contributed by atoms with Crippen LogP contribution >= 0.6 is 0 Å². The Balaban J connectivity index is 1.54. The summed E-state index contributed by atoms with van der Waals surface area (Å²) in [5.41, 5.74) is 2.12. The number of hydrogen-bond donors (Lipinski definition) is 1. The predicted molar refractivity (Wildman–Crippen MR) is 95.7 cm³/mol. The zero-order valence-corrected chi connectivity index (χ0v) is 14.6. The Labute approximate surface area is 147 Å². The summed E-state index contributed by atoms with van der Waals surface area (Å²) < 4.78 is 5.41. The van der Waals surface area contributed by atoms with Crippen molar-refractivity contribution < 1.29 is 9.32 Å². The first-order valence-corrected chi connectivity index (χ1v) is 8.67. The number of hydrogen-bond acceptors (Lipinski definition) is 5. The van der Waals surface area contributed by atoms with Gasteiger partial charge in [-0.1, -0.05) is 35.5 Å². The van der Waals surface area contributed by atoms with E-state index >= 15 is 0 Å². The molecule has 2 aromatic rings. The molecular weight excluding hydrogens is 316 g/mol. The Morgan fingerprint density at radius 3 is 2.88 bits per heavy atom. The van der Waals surface area contributed by atoms with Crippen LogP contribution in [0.2, 0.25) is 0 Å². The maximum atomic E-state index is 12.0. The fraction of sp³-hybridized carbons (Fsp3) is 0.421. The van der Waals surface area contributed by atoms with E-state index in [9.17, 15) is 4.79 Å². The first-order chi connectivity index (χ1) is 12.2. The second kappa shape index (κ2) is 8.07. The molecule has 1 aliphatic rings. The van der Waals surface area contributed by atoms with Gasteiger partial charge < -0.3 is 9.84 Å². The van der Waals surface area contributed by atoms with E-state index in [4.69, 9.17) is 4.52 Å². The van der Waals surface area contributed by atoms with Crippen LogP contribution in [0, 0.1) is 12.8 Å². The summed E-state index contributed by atoms with van der Waals surface area (Å²) in [4.78, 5) is 18.8. The number of nitrogens with one attached hydrogen (secondary N) is 1. The van der Waals surface area contributed by atoms with Crippen molar-refractivity contribution in [1.82, 2.24) is 20.4 Å². The summed E-state index contributed by atoms with van der Waals surface area (Å²) in [5.74, 6) is 1.46. The molecule has 1 aromatic carbocycles. The van der Waals surface area contributed by atoms with Crippen molar-refractivity contribution in [1.29, 1.82) is 0 Å². The van der Waals surface area contributed by atoms with E-state index in [0.717, 1.165) is 37.1 Å². The van der Waals surface area contributed by atoms with Gasteiger partial charge in [0.15, 0.2) is 0 Å². The number of piperidine rings is 1. The SMILES string of the molecule is C=CCNC(=O)C1CCN(Cc2nc(-c3ccccc3C)no2)CC1. The Hall–Kier alpha value is -2.47. The van der Waals surface area contributed by atoms with Crippen LogP contribution in [0.1, 0.15) is 24.3 Å². The smallest absolute Gasteiger partial charge is 0.241 e. The van der Waals surface area contributed by atoms with E-state index in [1.54, 1.807) is 6.08 Å². The number of nitrogens with zero attached hydrogens (tertiary/aromatic N) is 3. The minimum absolute atomic E-state index is 0.0846. The van der Waals surface area contributed by atoms with Crippen molar-refractivity contribution in [2.75, 3.05) is 19.6 Å². The van der Waals surface area contributed by atoms with Gasteiger partial charge in [0, 0.05) is 18.0 Å². The molecule has 0 saturated carbocycles. The van der Waals surface area contributed by atoms with Crippen LogP contribution in [-0.4, -0.2) is 40.6 Å². The van der Waals surface area contributed by atoms with Gasteiger partial charge >= 0.3 is 0 Å². The molecule has 1 saturated heterocycles. The molecule has 0 aliphatic carbocycles. The van der Waals surface area contributed by atoms with Crippen LogP contribution in [0.15, 0.2) is 41.4 Å². The number of carbonyl (C=O) groups is 1. The molecule has 1 aliphatic heterocycles. The molecule has 1 fully saturated rings. The zero-order chi connectivity index (χ0) is 17.6. The Bertz CT molecular complexity index is 733. The third kappa shape index (κ3) is 4.33. The van der Waals surface area contributed by atoms with Gasteiger partial charge in [0.05, 0.1) is 6.54 Å². The number of benzene rings is 1. The Morgan fingerprint density at radius 2 is 2.16 bits per heavy atom. The van der Waals surface area contributed by atoms with Crippen LogP contribution in [-0.2, 0) is 11.3 Å². The zero-order valence-electron chi connectivity index (χ0n) is 14.6. The molecular formula is C19H24N4O2. The maximum absolute atomic E-state index is 12.0. The number of carbonyl (C=O) groups excluding carboxylic acids is 1. The lowest BCUT2D eigenvalue weighted by atomic mass is 9.96. The molecule has 132 valence electrons. The van der Waals surface area contributed by atoms with Crippen molar-refractivity contribution in [2.45, 2.75) is 26.3 Å².